The topological polar surface area (TPSA) is 90.0 Å². The molecule has 0 aromatic heterocycles. The van der Waals surface area contributed by atoms with Gasteiger partial charge < -0.3 is 15.1 Å². The van der Waals surface area contributed by atoms with E-state index in [1.54, 1.807) is 26.2 Å². The molecule has 1 N–H and O–H groups in total. The molecule has 1 aliphatic rings. The zero-order chi connectivity index (χ0) is 24.0. The lowest BCUT2D eigenvalue weighted by Gasteiger charge is -2.28. The van der Waals surface area contributed by atoms with Crippen molar-refractivity contribution in [2.75, 3.05) is 49.2 Å². The van der Waals surface area contributed by atoms with Gasteiger partial charge in [-0.25, -0.2) is 8.42 Å². The first-order valence-electron chi connectivity index (χ1n) is 11.0. The van der Waals surface area contributed by atoms with Crippen LogP contribution in [0, 0.1) is 0 Å². The Morgan fingerprint density at radius 3 is 2.09 bits per heavy atom. The predicted molar refractivity (Wildman–Crippen MR) is 131 cm³/mol. The van der Waals surface area contributed by atoms with Crippen LogP contribution in [0.2, 0.25) is 0 Å². The molecule has 0 unspecified atom stereocenters. The fourth-order valence-corrected chi connectivity index (χ4v) is 4.65. The van der Waals surface area contributed by atoms with Crippen LogP contribution >= 0.6 is 0 Å². The molecule has 33 heavy (non-hydrogen) atoms. The maximum absolute atomic E-state index is 12.5. The van der Waals surface area contributed by atoms with E-state index in [2.05, 4.69) is 22.3 Å². The molecule has 3 rings (SSSR count). The van der Waals surface area contributed by atoms with Crippen molar-refractivity contribution in [2.24, 2.45) is 0 Å². The van der Waals surface area contributed by atoms with Crippen molar-refractivity contribution in [1.82, 2.24) is 10.2 Å². The van der Waals surface area contributed by atoms with Crippen LogP contribution in [-0.4, -0.2) is 65.1 Å². The minimum Gasteiger partial charge on any atom is -0.372 e. The molecule has 0 bridgehead atoms. The van der Waals surface area contributed by atoms with Gasteiger partial charge in [0.1, 0.15) is 6.54 Å². The van der Waals surface area contributed by atoms with Gasteiger partial charge in [0.25, 0.3) is 5.91 Å². The van der Waals surface area contributed by atoms with Crippen LogP contribution in [-0.2, 0) is 21.4 Å². The Hall–Kier alpha value is -3.07. The summed E-state index contributed by atoms with van der Waals surface area (Å²) in [6.07, 6.45) is 4.76. The SMILES string of the molecule is CN(C)C(=O)c1ccc(N(CC(=O)NCc2ccc(N3CCCCC3)cc2)S(C)(=O)=O)cc1. The first-order chi connectivity index (χ1) is 15.6. The van der Waals surface area contributed by atoms with Crippen LogP contribution in [0.25, 0.3) is 0 Å². The highest BCUT2D eigenvalue weighted by Gasteiger charge is 2.21. The summed E-state index contributed by atoms with van der Waals surface area (Å²) in [5, 5.41) is 2.80. The van der Waals surface area contributed by atoms with Crippen LogP contribution in [0.15, 0.2) is 48.5 Å². The minimum atomic E-state index is -3.69. The number of amides is 2. The van der Waals surface area contributed by atoms with E-state index in [9.17, 15) is 18.0 Å². The van der Waals surface area contributed by atoms with Crippen molar-refractivity contribution >= 4 is 33.2 Å². The van der Waals surface area contributed by atoms with Gasteiger partial charge in [-0.3, -0.25) is 13.9 Å². The number of nitrogens with one attached hydrogen (secondary N) is 1. The number of nitrogens with zero attached hydrogens (tertiary/aromatic N) is 3. The molecule has 2 aromatic rings. The van der Waals surface area contributed by atoms with E-state index in [1.807, 2.05) is 12.1 Å². The molecule has 178 valence electrons. The van der Waals surface area contributed by atoms with E-state index in [0.717, 1.165) is 29.2 Å². The normalized spacial score (nSPS) is 14.0. The summed E-state index contributed by atoms with van der Waals surface area (Å²) in [6, 6.07) is 14.3. The molecule has 0 atom stereocenters. The number of hydrogen-bond acceptors (Lipinski definition) is 5. The van der Waals surface area contributed by atoms with Gasteiger partial charge in [-0.2, -0.15) is 0 Å². The average Bonchev–Trinajstić information content (AvgIpc) is 2.81. The van der Waals surface area contributed by atoms with Gasteiger partial charge in [-0.15, -0.1) is 0 Å². The Kier molecular flexibility index (Phi) is 7.97. The molecular formula is C24H32N4O4S. The van der Waals surface area contributed by atoms with Crippen molar-refractivity contribution in [2.45, 2.75) is 25.8 Å². The molecule has 1 aliphatic heterocycles. The molecule has 2 amide bonds. The Balaban J connectivity index is 1.61. The summed E-state index contributed by atoms with van der Waals surface area (Å²) in [7, 11) is -0.405. The number of sulfonamides is 1. The molecule has 0 radical (unpaired) electrons. The van der Waals surface area contributed by atoms with Crippen molar-refractivity contribution in [3.05, 3.63) is 59.7 Å². The zero-order valence-electron chi connectivity index (χ0n) is 19.5. The lowest BCUT2D eigenvalue weighted by molar-refractivity contribution is -0.119. The van der Waals surface area contributed by atoms with Gasteiger partial charge >= 0.3 is 0 Å². The smallest absolute Gasteiger partial charge is 0.253 e. The van der Waals surface area contributed by atoms with Crippen molar-refractivity contribution in [1.29, 1.82) is 0 Å². The Morgan fingerprint density at radius 2 is 1.55 bits per heavy atom. The first kappa shape index (κ1) is 24.6. The Bertz CT molecular complexity index is 1060. The quantitative estimate of drug-likeness (QED) is 0.638. The van der Waals surface area contributed by atoms with E-state index < -0.39 is 15.9 Å². The second kappa shape index (κ2) is 10.7. The van der Waals surface area contributed by atoms with Gasteiger partial charge in [0.15, 0.2) is 0 Å². The largest absolute Gasteiger partial charge is 0.372 e. The number of hydrogen-bond donors (Lipinski definition) is 1. The summed E-state index contributed by atoms with van der Waals surface area (Å²) in [6.45, 7) is 2.11. The number of carbonyl (C=O) groups is 2. The average molecular weight is 473 g/mol. The molecule has 9 heteroatoms. The summed E-state index contributed by atoms with van der Waals surface area (Å²) in [4.78, 5) is 28.4. The summed E-state index contributed by atoms with van der Waals surface area (Å²) >= 11 is 0. The maximum Gasteiger partial charge on any atom is 0.253 e. The van der Waals surface area contributed by atoms with Gasteiger partial charge in [0.05, 0.1) is 11.9 Å². The van der Waals surface area contributed by atoms with Gasteiger partial charge in [0, 0.05) is 45.0 Å². The van der Waals surface area contributed by atoms with Crippen LogP contribution in [0.1, 0.15) is 35.2 Å². The fraction of sp³-hybridized carbons (Fsp3) is 0.417. The molecule has 0 saturated carbocycles. The molecule has 2 aromatic carbocycles. The van der Waals surface area contributed by atoms with Crippen LogP contribution in [0.5, 0.6) is 0 Å². The third-order valence-corrected chi connectivity index (χ3v) is 6.78. The lowest BCUT2D eigenvalue weighted by atomic mass is 10.1. The Morgan fingerprint density at radius 1 is 0.939 bits per heavy atom. The highest BCUT2D eigenvalue weighted by atomic mass is 32.2. The van der Waals surface area contributed by atoms with Crippen LogP contribution in [0.4, 0.5) is 11.4 Å². The number of carbonyl (C=O) groups excluding carboxylic acids is 2. The summed E-state index contributed by atoms with van der Waals surface area (Å²) < 4.78 is 25.7. The highest BCUT2D eigenvalue weighted by molar-refractivity contribution is 7.92. The van der Waals surface area contributed by atoms with Gasteiger partial charge in [-0.1, -0.05) is 12.1 Å². The third kappa shape index (κ3) is 6.71. The Labute approximate surface area is 196 Å². The van der Waals surface area contributed by atoms with E-state index in [4.69, 9.17) is 0 Å². The molecule has 0 aliphatic carbocycles. The maximum atomic E-state index is 12.5. The molecule has 0 spiro atoms. The number of benzene rings is 2. The van der Waals surface area contributed by atoms with E-state index in [0.29, 0.717) is 17.8 Å². The minimum absolute atomic E-state index is 0.184. The second-order valence-electron chi connectivity index (χ2n) is 8.51. The summed E-state index contributed by atoms with van der Waals surface area (Å²) in [5.41, 5.74) is 2.90. The number of piperidine rings is 1. The zero-order valence-corrected chi connectivity index (χ0v) is 20.3. The molecule has 1 fully saturated rings. The van der Waals surface area contributed by atoms with Gasteiger partial charge in [-0.05, 0) is 61.2 Å². The number of anilines is 2. The van der Waals surface area contributed by atoms with Crippen molar-refractivity contribution in [3.63, 3.8) is 0 Å². The van der Waals surface area contributed by atoms with Crippen LogP contribution in [0.3, 0.4) is 0 Å². The summed E-state index contributed by atoms with van der Waals surface area (Å²) in [5.74, 6) is -0.592. The molecule has 1 heterocycles. The van der Waals surface area contributed by atoms with Crippen molar-refractivity contribution in [3.8, 4) is 0 Å². The highest BCUT2D eigenvalue weighted by Crippen LogP contribution is 2.21. The van der Waals surface area contributed by atoms with E-state index >= 15 is 0 Å². The van der Waals surface area contributed by atoms with Crippen molar-refractivity contribution < 1.29 is 18.0 Å². The predicted octanol–water partition coefficient (Wildman–Crippen LogP) is 2.46. The van der Waals surface area contributed by atoms with E-state index in [1.165, 1.54) is 42.0 Å². The standard InChI is InChI=1S/C24H32N4O4S/c1-26(2)24(30)20-9-13-22(14-10-20)28(33(3,31)32)18-23(29)25-17-19-7-11-21(12-8-19)27-15-5-4-6-16-27/h7-14H,4-6,15-18H2,1-3H3,(H,25,29). The molecular weight excluding hydrogens is 440 g/mol. The van der Waals surface area contributed by atoms with Gasteiger partial charge in [0.2, 0.25) is 15.9 Å². The monoisotopic (exact) mass is 472 g/mol. The first-order valence-corrected chi connectivity index (χ1v) is 12.9. The number of rotatable bonds is 8. The lowest BCUT2D eigenvalue weighted by Crippen LogP contribution is -2.40. The van der Waals surface area contributed by atoms with E-state index in [-0.39, 0.29) is 12.5 Å². The fourth-order valence-electron chi connectivity index (χ4n) is 3.79. The second-order valence-corrected chi connectivity index (χ2v) is 10.4. The molecule has 8 nitrogen and oxygen atoms in total. The third-order valence-electron chi connectivity index (χ3n) is 5.64. The molecule has 1 saturated heterocycles. The van der Waals surface area contributed by atoms with Crippen LogP contribution < -0.4 is 14.5 Å².